The summed E-state index contributed by atoms with van der Waals surface area (Å²) in [6, 6.07) is 14.0. The maximum absolute atomic E-state index is 12.8. The molecule has 118 valence electrons. The summed E-state index contributed by atoms with van der Waals surface area (Å²) in [6.07, 6.45) is -4.49. The average Bonchev–Trinajstić information content (AvgIpc) is 2.50. The first kappa shape index (κ1) is 15.3. The molecule has 0 aliphatic heterocycles. The van der Waals surface area contributed by atoms with Crippen LogP contribution in [0.1, 0.15) is 5.56 Å². The van der Waals surface area contributed by atoms with Crippen molar-refractivity contribution in [2.24, 2.45) is 0 Å². The van der Waals surface area contributed by atoms with E-state index in [2.05, 4.69) is 4.98 Å². The Kier molecular flexibility index (Phi) is 3.67. The predicted octanol–water partition coefficient (Wildman–Crippen LogP) is 3.93. The summed E-state index contributed by atoms with van der Waals surface area (Å²) in [6.45, 7) is 0.415. The zero-order valence-corrected chi connectivity index (χ0v) is 12.3. The highest BCUT2D eigenvalue weighted by molar-refractivity contribution is 5.92. The summed E-state index contributed by atoms with van der Waals surface area (Å²) >= 11 is 0. The topological polar surface area (TPSA) is 34.9 Å². The molecule has 3 aromatic rings. The van der Waals surface area contributed by atoms with E-state index in [1.54, 1.807) is 49.4 Å². The van der Waals surface area contributed by atoms with Crippen LogP contribution in [-0.2, 0) is 6.54 Å². The Morgan fingerprint density at radius 1 is 1.09 bits per heavy atom. The smallest absolute Gasteiger partial charge is 0.283 e. The second-order valence-corrected chi connectivity index (χ2v) is 5.33. The van der Waals surface area contributed by atoms with Crippen molar-refractivity contribution in [2.75, 3.05) is 0 Å². The second kappa shape index (κ2) is 5.53. The molecule has 0 aliphatic rings. The van der Waals surface area contributed by atoms with Crippen molar-refractivity contribution in [1.29, 1.82) is 0 Å². The van der Waals surface area contributed by atoms with Gasteiger partial charge in [0.05, 0.1) is 11.2 Å². The number of nitrogens with zero attached hydrogens (tertiary/aromatic N) is 2. The van der Waals surface area contributed by atoms with E-state index >= 15 is 0 Å². The molecule has 23 heavy (non-hydrogen) atoms. The van der Waals surface area contributed by atoms with Gasteiger partial charge >= 0.3 is 11.9 Å². The quantitative estimate of drug-likeness (QED) is 0.717. The van der Waals surface area contributed by atoms with Gasteiger partial charge in [-0.1, -0.05) is 42.5 Å². The lowest BCUT2D eigenvalue weighted by molar-refractivity contribution is -0.140. The third-order valence-electron chi connectivity index (χ3n) is 3.52. The van der Waals surface area contributed by atoms with Crippen LogP contribution in [0.3, 0.4) is 0 Å². The molecule has 0 fully saturated rings. The molecule has 0 aliphatic carbocycles. The molecule has 1 aromatic heterocycles. The largest absolute Gasteiger partial charge is 0.406 e. The number of alkyl halides is 3. The monoisotopic (exact) mass is 318 g/mol. The van der Waals surface area contributed by atoms with Crippen LogP contribution >= 0.6 is 0 Å². The van der Waals surface area contributed by atoms with Crippen LogP contribution < -0.4 is 5.69 Å². The average molecular weight is 318 g/mol. The minimum Gasteiger partial charge on any atom is -0.283 e. The summed E-state index contributed by atoms with van der Waals surface area (Å²) in [5.41, 5.74) is 1.19. The van der Waals surface area contributed by atoms with Gasteiger partial charge in [0.1, 0.15) is 6.54 Å². The number of halogens is 3. The lowest BCUT2D eigenvalue weighted by atomic mass is 10.0. The Balaban J connectivity index is 2.34. The minimum atomic E-state index is -4.49. The predicted molar refractivity (Wildman–Crippen MR) is 82.2 cm³/mol. The van der Waals surface area contributed by atoms with Crippen LogP contribution in [0.4, 0.5) is 13.2 Å². The number of hydrogen-bond donors (Lipinski definition) is 0. The van der Waals surface area contributed by atoms with Crippen LogP contribution in [0.15, 0.2) is 53.3 Å². The fourth-order valence-corrected chi connectivity index (χ4v) is 2.53. The van der Waals surface area contributed by atoms with Gasteiger partial charge < -0.3 is 0 Å². The second-order valence-electron chi connectivity index (χ2n) is 5.33. The maximum atomic E-state index is 12.8. The van der Waals surface area contributed by atoms with Gasteiger partial charge in [0.15, 0.2) is 0 Å². The van der Waals surface area contributed by atoms with Crippen molar-refractivity contribution >= 4 is 10.9 Å². The van der Waals surface area contributed by atoms with Gasteiger partial charge in [0.2, 0.25) is 0 Å². The van der Waals surface area contributed by atoms with Crippen molar-refractivity contribution < 1.29 is 13.2 Å². The van der Waals surface area contributed by atoms with E-state index in [-0.39, 0.29) is 5.52 Å². The molecular formula is C17H13F3N2O. The molecule has 1 heterocycles. The zero-order chi connectivity index (χ0) is 16.6. The van der Waals surface area contributed by atoms with E-state index in [1.807, 2.05) is 6.07 Å². The van der Waals surface area contributed by atoms with Gasteiger partial charge in [0.25, 0.3) is 0 Å². The van der Waals surface area contributed by atoms with E-state index < -0.39 is 18.4 Å². The first-order valence-electron chi connectivity index (χ1n) is 6.98. The van der Waals surface area contributed by atoms with Crippen LogP contribution in [0.5, 0.6) is 0 Å². The number of benzene rings is 2. The molecule has 0 amide bonds. The van der Waals surface area contributed by atoms with E-state index in [0.29, 0.717) is 21.2 Å². The fourth-order valence-electron chi connectivity index (χ4n) is 2.53. The molecule has 3 rings (SSSR count). The van der Waals surface area contributed by atoms with Gasteiger partial charge in [-0.2, -0.15) is 18.2 Å². The van der Waals surface area contributed by atoms with Crippen molar-refractivity contribution in [3.63, 3.8) is 0 Å². The molecule has 0 N–H and O–H groups in total. The summed E-state index contributed by atoms with van der Waals surface area (Å²) in [5, 5.41) is 0.519. The van der Waals surface area contributed by atoms with Crippen LogP contribution in [-0.4, -0.2) is 15.7 Å². The number of hydrogen-bond acceptors (Lipinski definition) is 2. The maximum Gasteiger partial charge on any atom is 0.406 e. The third kappa shape index (κ3) is 3.11. The summed E-state index contributed by atoms with van der Waals surface area (Å²) in [5.74, 6) is 0. The Morgan fingerprint density at radius 2 is 1.78 bits per heavy atom. The molecule has 3 nitrogen and oxygen atoms in total. The Hall–Kier alpha value is -2.63. The number of aromatic nitrogens is 2. The van der Waals surface area contributed by atoms with E-state index in [1.165, 1.54) is 0 Å². The van der Waals surface area contributed by atoms with Gasteiger partial charge in [-0.15, -0.1) is 0 Å². The van der Waals surface area contributed by atoms with Crippen molar-refractivity contribution in [1.82, 2.24) is 9.55 Å². The highest BCUT2D eigenvalue weighted by Crippen LogP contribution is 2.27. The Morgan fingerprint density at radius 3 is 2.43 bits per heavy atom. The van der Waals surface area contributed by atoms with E-state index in [9.17, 15) is 18.0 Å². The highest BCUT2D eigenvalue weighted by Gasteiger charge is 2.30. The van der Waals surface area contributed by atoms with Crippen LogP contribution in [0.25, 0.3) is 22.2 Å². The molecular weight excluding hydrogens is 305 g/mol. The van der Waals surface area contributed by atoms with Gasteiger partial charge in [-0.05, 0) is 18.6 Å². The van der Waals surface area contributed by atoms with E-state index in [4.69, 9.17) is 0 Å². The lowest BCUT2D eigenvalue weighted by Crippen LogP contribution is -2.30. The molecule has 2 aromatic carbocycles. The van der Waals surface area contributed by atoms with Gasteiger partial charge in [-0.3, -0.25) is 4.57 Å². The number of rotatable bonds is 2. The first-order valence-corrected chi connectivity index (χ1v) is 6.98. The number of fused-ring (bicyclic) bond motifs is 1. The lowest BCUT2D eigenvalue weighted by Gasteiger charge is -2.15. The highest BCUT2D eigenvalue weighted by atomic mass is 19.4. The Labute approximate surface area is 130 Å². The minimum absolute atomic E-state index is 0.237. The summed E-state index contributed by atoms with van der Waals surface area (Å²) in [7, 11) is 0. The van der Waals surface area contributed by atoms with Crippen molar-refractivity contribution in [2.45, 2.75) is 19.6 Å². The van der Waals surface area contributed by atoms with Crippen LogP contribution in [0.2, 0.25) is 0 Å². The molecule has 0 unspecified atom stereocenters. The van der Waals surface area contributed by atoms with Crippen molar-refractivity contribution in [3.8, 4) is 11.3 Å². The first-order chi connectivity index (χ1) is 10.8. The van der Waals surface area contributed by atoms with Gasteiger partial charge in [0, 0.05) is 10.9 Å². The summed E-state index contributed by atoms with van der Waals surface area (Å²) < 4.78 is 39.0. The summed E-state index contributed by atoms with van der Waals surface area (Å²) in [4.78, 5) is 16.1. The Bertz CT molecular complexity index is 915. The molecule has 0 bridgehead atoms. The van der Waals surface area contributed by atoms with Gasteiger partial charge in [-0.25, -0.2) is 4.79 Å². The molecule has 0 radical (unpaired) electrons. The number of aryl methyl sites for hydroxylation is 1. The molecule has 0 spiro atoms. The van der Waals surface area contributed by atoms with E-state index in [0.717, 1.165) is 5.56 Å². The molecule has 0 saturated carbocycles. The van der Waals surface area contributed by atoms with Crippen LogP contribution in [0, 0.1) is 6.92 Å². The normalized spacial score (nSPS) is 11.8. The SMILES string of the molecule is Cc1ccc2c(-c3ccccc3)nc(=O)n(CC(F)(F)F)c2c1. The molecule has 6 heteroatoms. The van der Waals surface area contributed by atoms with Crippen molar-refractivity contribution in [3.05, 3.63) is 64.6 Å². The standard InChI is InChI=1S/C17H13F3N2O/c1-11-7-8-13-14(9-11)22(10-17(18,19)20)16(23)21-15(13)12-5-3-2-4-6-12/h2-9H,10H2,1H3. The fraction of sp³-hybridized carbons (Fsp3) is 0.176. The zero-order valence-electron chi connectivity index (χ0n) is 12.3. The molecule has 0 saturated heterocycles. The molecule has 0 atom stereocenters. The third-order valence-corrected chi connectivity index (χ3v) is 3.52.